The van der Waals surface area contributed by atoms with E-state index in [1.165, 1.54) is 23.5 Å². The summed E-state index contributed by atoms with van der Waals surface area (Å²) >= 11 is 1.32. The third-order valence-corrected chi connectivity index (χ3v) is 6.44. The van der Waals surface area contributed by atoms with Gasteiger partial charge >= 0.3 is 0 Å². The van der Waals surface area contributed by atoms with Crippen LogP contribution < -0.4 is 14.3 Å². The Morgan fingerprint density at radius 2 is 1.81 bits per heavy atom. The van der Waals surface area contributed by atoms with Crippen molar-refractivity contribution in [2.24, 2.45) is 12.0 Å². The van der Waals surface area contributed by atoms with Crippen molar-refractivity contribution in [1.29, 1.82) is 0 Å². The van der Waals surface area contributed by atoms with Crippen LogP contribution in [0.15, 0.2) is 46.3 Å². The Morgan fingerprint density at radius 1 is 1.15 bits per heavy atom. The van der Waals surface area contributed by atoms with Crippen molar-refractivity contribution in [2.75, 3.05) is 19.5 Å². The first-order valence-electron chi connectivity index (χ1n) is 8.12. The van der Waals surface area contributed by atoms with E-state index in [1.807, 2.05) is 12.1 Å². The molecule has 0 aliphatic carbocycles. The molecule has 1 aliphatic rings. The van der Waals surface area contributed by atoms with Gasteiger partial charge in [0.05, 0.1) is 20.7 Å². The number of aromatic nitrogens is 1. The lowest BCUT2D eigenvalue weighted by atomic mass is 10.2. The molecule has 0 N–H and O–H groups in total. The van der Waals surface area contributed by atoms with Crippen LogP contribution in [0.25, 0.3) is 10.2 Å². The summed E-state index contributed by atoms with van der Waals surface area (Å²) in [5.74, 6) is 0.716. The molecule has 2 aromatic carbocycles. The van der Waals surface area contributed by atoms with Crippen molar-refractivity contribution >= 4 is 37.3 Å². The smallest absolute Gasteiger partial charge is 0.280 e. The summed E-state index contributed by atoms with van der Waals surface area (Å²) in [5, 5.41) is 0. The van der Waals surface area contributed by atoms with Crippen LogP contribution >= 0.6 is 11.3 Å². The highest BCUT2D eigenvalue weighted by Gasteiger charge is 2.19. The lowest BCUT2D eigenvalue weighted by molar-refractivity contribution is 0.0995. The lowest BCUT2D eigenvalue weighted by Gasteiger charge is -2.18. The summed E-state index contributed by atoms with van der Waals surface area (Å²) < 4.78 is 37.7. The number of rotatable bonds is 2. The van der Waals surface area contributed by atoms with Crippen LogP contribution in [-0.2, 0) is 16.9 Å². The van der Waals surface area contributed by atoms with Crippen molar-refractivity contribution in [1.82, 2.24) is 4.57 Å². The maximum atomic E-state index is 12.7. The number of hydrogen-bond donors (Lipinski definition) is 0. The van der Waals surface area contributed by atoms with E-state index in [0.29, 0.717) is 29.5 Å². The van der Waals surface area contributed by atoms with Crippen LogP contribution in [-0.4, -0.2) is 38.4 Å². The topological polar surface area (TPSA) is 87.0 Å². The normalized spacial score (nSPS) is 14.5. The minimum atomic E-state index is -3.53. The van der Waals surface area contributed by atoms with Gasteiger partial charge in [0.2, 0.25) is 0 Å². The first-order valence-corrected chi connectivity index (χ1v) is 10.8. The molecule has 0 unspecified atom stereocenters. The van der Waals surface area contributed by atoms with Gasteiger partial charge in [0.1, 0.15) is 13.2 Å². The SMILES string of the molecule is Cn1c(=NC(=O)c2ccccc2S(C)(=O)=O)sc2cc3c(cc21)OCCO3. The molecule has 0 atom stereocenters. The molecule has 1 aromatic heterocycles. The van der Waals surface area contributed by atoms with E-state index in [4.69, 9.17) is 9.47 Å². The second kappa shape index (κ2) is 6.50. The largest absolute Gasteiger partial charge is 0.486 e. The number of sulfone groups is 1. The zero-order valence-electron chi connectivity index (χ0n) is 14.6. The maximum Gasteiger partial charge on any atom is 0.280 e. The van der Waals surface area contributed by atoms with E-state index >= 15 is 0 Å². The molecule has 0 saturated carbocycles. The second-order valence-corrected chi connectivity index (χ2v) is 9.09. The number of carbonyl (C=O) groups is 1. The number of benzene rings is 2. The molecule has 3 aromatic rings. The average molecular weight is 404 g/mol. The van der Waals surface area contributed by atoms with Crippen LogP contribution in [0.5, 0.6) is 11.5 Å². The molecule has 1 aliphatic heterocycles. The fourth-order valence-electron chi connectivity index (χ4n) is 2.88. The monoisotopic (exact) mass is 404 g/mol. The van der Waals surface area contributed by atoms with E-state index < -0.39 is 15.7 Å². The Balaban J connectivity index is 1.84. The van der Waals surface area contributed by atoms with Gasteiger partial charge in [0, 0.05) is 25.4 Å². The van der Waals surface area contributed by atoms with Gasteiger partial charge < -0.3 is 14.0 Å². The standard InChI is InChI=1S/C18H16N2O5S2/c1-20-12-9-13-14(25-8-7-24-13)10-15(12)26-18(20)19-17(21)11-5-3-4-6-16(11)27(2,22)23/h3-6,9-10H,7-8H2,1-2H3. The summed E-state index contributed by atoms with van der Waals surface area (Å²) in [6, 6.07) is 9.79. The van der Waals surface area contributed by atoms with Crippen LogP contribution in [0, 0.1) is 0 Å². The zero-order chi connectivity index (χ0) is 19.2. The molecule has 1 amide bonds. The number of ether oxygens (including phenoxy) is 2. The maximum absolute atomic E-state index is 12.7. The highest BCUT2D eigenvalue weighted by atomic mass is 32.2. The van der Waals surface area contributed by atoms with Crippen molar-refractivity contribution in [3.63, 3.8) is 0 Å². The number of carbonyl (C=O) groups excluding carboxylic acids is 1. The Morgan fingerprint density at radius 3 is 2.52 bits per heavy atom. The number of hydrogen-bond acceptors (Lipinski definition) is 6. The van der Waals surface area contributed by atoms with E-state index in [9.17, 15) is 13.2 Å². The highest BCUT2D eigenvalue weighted by molar-refractivity contribution is 7.90. The molecular formula is C18H16N2O5S2. The van der Waals surface area contributed by atoms with Gasteiger partial charge in [0.25, 0.3) is 5.91 Å². The van der Waals surface area contributed by atoms with E-state index in [0.717, 1.165) is 16.5 Å². The third-order valence-electron chi connectivity index (χ3n) is 4.19. The minimum absolute atomic E-state index is 0.0280. The van der Waals surface area contributed by atoms with Crippen LogP contribution in [0.3, 0.4) is 0 Å². The first kappa shape index (κ1) is 17.7. The average Bonchev–Trinajstić information content (AvgIpc) is 2.94. The molecule has 9 heteroatoms. The van der Waals surface area contributed by atoms with E-state index in [2.05, 4.69) is 4.99 Å². The van der Waals surface area contributed by atoms with Gasteiger partial charge in [-0.05, 0) is 12.1 Å². The Hall–Kier alpha value is -2.65. The second-order valence-electron chi connectivity index (χ2n) is 6.09. The zero-order valence-corrected chi connectivity index (χ0v) is 16.3. The molecule has 0 bridgehead atoms. The molecule has 0 saturated heterocycles. The summed E-state index contributed by atoms with van der Waals surface area (Å²) in [5.41, 5.74) is 0.913. The van der Waals surface area contributed by atoms with Gasteiger partial charge in [-0.3, -0.25) is 4.79 Å². The van der Waals surface area contributed by atoms with Crippen LogP contribution in [0.1, 0.15) is 10.4 Å². The van der Waals surface area contributed by atoms with E-state index in [1.54, 1.807) is 23.7 Å². The summed E-state index contributed by atoms with van der Waals surface area (Å²) in [7, 11) is -1.74. The van der Waals surface area contributed by atoms with Gasteiger partial charge in [-0.1, -0.05) is 23.5 Å². The van der Waals surface area contributed by atoms with Gasteiger partial charge in [-0.2, -0.15) is 4.99 Å². The lowest BCUT2D eigenvalue weighted by Crippen LogP contribution is -2.16. The van der Waals surface area contributed by atoms with Crippen molar-refractivity contribution in [3.05, 3.63) is 46.8 Å². The van der Waals surface area contributed by atoms with Crippen molar-refractivity contribution in [3.8, 4) is 11.5 Å². The molecule has 0 radical (unpaired) electrons. The molecule has 0 fully saturated rings. The molecule has 27 heavy (non-hydrogen) atoms. The van der Waals surface area contributed by atoms with Crippen molar-refractivity contribution < 1.29 is 22.7 Å². The quantitative estimate of drug-likeness (QED) is 0.653. The number of nitrogens with zero attached hydrogens (tertiary/aromatic N) is 2. The Labute approximate surface area is 159 Å². The Bertz CT molecular complexity index is 1240. The third kappa shape index (κ3) is 3.24. The first-order chi connectivity index (χ1) is 12.8. The van der Waals surface area contributed by atoms with Gasteiger partial charge in [0.15, 0.2) is 26.1 Å². The highest BCUT2D eigenvalue weighted by Crippen LogP contribution is 2.35. The summed E-state index contributed by atoms with van der Waals surface area (Å²) in [6.07, 6.45) is 1.07. The van der Waals surface area contributed by atoms with Crippen molar-refractivity contribution in [2.45, 2.75) is 4.90 Å². The van der Waals surface area contributed by atoms with Crippen LogP contribution in [0.4, 0.5) is 0 Å². The molecule has 0 spiro atoms. The molecule has 7 nitrogen and oxygen atoms in total. The molecule has 2 heterocycles. The summed E-state index contributed by atoms with van der Waals surface area (Å²) in [6.45, 7) is 0.984. The fourth-order valence-corrected chi connectivity index (χ4v) is 4.79. The number of fused-ring (bicyclic) bond motifs is 2. The Kier molecular flexibility index (Phi) is 4.27. The molecule has 140 valence electrons. The predicted molar refractivity (Wildman–Crippen MR) is 101 cm³/mol. The van der Waals surface area contributed by atoms with Crippen LogP contribution in [0.2, 0.25) is 0 Å². The number of thiazole rings is 1. The minimum Gasteiger partial charge on any atom is -0.486 e. The molecule has 4 rings (SSSR count). The molecular weight excluding hydrogens is 388 g/mol. The predicted octanol–water partition coefficient (Wildman–Crippen LogP) is 2.16. The van der Waals surface area contributed by atoms with E-state index in [-0.39, 0.29) is 10.5 Å². The van der Waals surface area contributed by atoms with Gasteiger partial charge in [-0.15, -0.1) is 0 Å². The summed E-state index contributed by atoms with van der Waals surface area (Å²) in [4.78, 5) is 17.3. The number of aryl methyl sites for hydroxylation is 1. The number of amides is 1. The fraction of sp³-hybridized carbons (Fsp3) is 0.222. The van der Waals surface area contributed by atoms with Gasteiger partial charge in [-0.25, -0.2) is 8.42 Å².